The van der Waals surface area contributed by atoms with Gasteiger partial charge >= 0.3 is 5.97 Å². The van der Waals surface area contributed by atoms with Crippen molar-refractivity contribution in [2.75, 3.05) is 0 Å². The van der Waals surface area contributed by atoms with Crippen LogP contribution in [0, 0.1) is 5.82 Å². The third-order valence-corrected chi connectivity index (χ3v) is 3.17. The zero-order valence-corrected chi connectivity index (χ0v) is 10.8. The maximum atomic E-state index is 13.7. The van der Waals surface area contributed by atoms with Crippen LogP contribution in [0.2, 0.25) is 5.02 Å². The Bertz CT molecular complexity index is 812. The molecule has 1 aromatic carbocycles. The zero-order valence-electron chi connectivity index (χ0n) is 10.0. The van der Waals surface area contributed by atoms with Gasteiger partial charge in [-0.05, 0) is 24.3 Å². The third-order valence-electron chi connectivity index (χ3n) is 2.92. The fraction of sp³-hybridized carbons (Fsp3) is 0. The number of hydrogen-bond donors (Lipinski definition) is 1. The molecule has 0 aliphatic carbocycles. The molecule has 100 valence electrons. The molecule has 0 saturated carbocycles. The number of carbonyl (C=O) groups is 1. The standard InChI is InChI=1S/C14H8ClFN2O2/c15-9-5-3-8(4-6-9)11-12(14(19)20)18-7-1-2-10(16)13(18)17-11/h1-7H,(H,19,20). The lowest BCUT2D eigenvalue weighted by molar-refractivity contribution is 0.0690. The van der Waals surface area contributed by atoms with E-state index in [0.717, 1.165) is 0 Å². The normalized spacial score (nSPS) is 10.9. The van der Waals surface area contributed by atoms with Gasteiger partial charge < -0.3 is 5.11 Å². The molecule has 3 aromatic rings. The molecule has 6 heteroatoms. The highest BCUT2D eigenvalue weighted by Crippen LogP contribution is 2.26. The molecule has 1 N–H and O–H groups in total. The van der Waals surface area contributed by atoms with Gasteiger partial charge in [-0.25, -0.2) is 14.2 Å². The number of nitrogens with zero attached hydrogens (tertiary/aromatic N) is 2. The number of carboxylic acid groups (broad SMARTS) is 1. The van der Waals surface area contributed by atoms with Gasteiger partial charge in [-0.2, -0.15) is 0 Å². The first-order valence-electron chi connectivity index (χ1n) is 5.74. The Labute approximate surface area is 118 Å². The minimum absolute atomic E-state index is 0.0187. The van der Waals surface area contributed by atoms with Gasteiger partial charge in [0.15, 0.2) is 17.2 Å². The molecular formula is C14H8ClFN2O2. The number of fused-ring (bicyclic) bond motifs is 1. The molecule has 0 aliphatic heterocycles. The van der Waals surface area contributed by atoms with E-state index >= 15 is 0 Å². The molecule has 0 atom stereocenters. The summed E-state index contributed by atoms with van der Waals surface area (Å²) in [6, 6.07) is 9.22. The van der Waals surface area contributed by atoms with Gasteiger partial charge in [-0.1, -0.05) is 23.7 Å². The largest absolute Gasteiger partial charge is 0.476 e. The van der Waals surface area contributed by atoms with Crippen LogP contribution in [0.5, 0.6) is 0 Å². The van der Waals surface area contributed by atoms with E-state index in [4.69, 9.17) is 11.6 Å². The fourth-order valence-electron chi connectivity index (χ4n) is 2.05. The van der Waals surface area contributed by atoms with Gasteiger partial charge in [-0.15, -0.1) is 0 Å². The van der Waals surface area contributed by atoms with Crippen molar-refractivity contribution in [2.45, 2.75) is 0 Å². The third kappa shape index (κ3) is 1.92. The first kappa shape index (κ1) is 12.6. The van der Waals surface area contributed by atoms with Crippen molar-refractivity contribution >= 4 is 23.2 Å². The minimum atomic E-state index is -1.17. The lowest BCUT2D eigenvalue weighted by Gasteiger charge is -2.00. The Hall–Kier alpha value is -2.40. The van der Waals surface area contributed by atoms with E-state index in [0.29, 0.717) is 10.6 Å². The summed E-state index contributed by atoms with van der Waals surface area (Å²) in [5.41, 5.74) is 0.672. The number of carboxylic acids is 1. The molecule has 2 aromatic heterocycles. The summed E-state index contributed by atoms with van der Waals surface area (Å²) in [5, 5.41) is 9.88. The molecule has 0 radical (unpaired) electrons. The van der Waals surface area contributed by atoms with Gasteiger partial charge in [-0.3, -0.25) is 4.40 Å². The fourth-order valence-corrected chi connectivity index (χ4v) is 2.17. The van der Waals surface area contributed by atoms with E-state index in [9.17, 15) is 14.3 Å². The van der Waals surface area contributed by atoms with Crippen LogP contribution in [0.25, 0.3) is 16.9 Å². The smallest absolute Gasteiger partial charge is 0.355 e. The number of halogens is 2. The summed E-state index contributed by atoms with van der Waals surface area (Å²) in [6.07, 6.45) is 1.47. The second-order valence-electron chi connectivity index (χ2n) is 4.17. The van der Waals surface area contributed by atoms with Gasteiger partial charge in [0.2, 0.25) is 0 Å². The van der Waals surface area contributed by atoms with Crippen molar-refractivity contribution in [1.29, 1.82) is 0 Å². The SMILES string of the molecule is O=C(O)c1c(-c2ccc(Cl)cc2)nc2c(F)cccn12. The van der Waals surface area contributed by atoms with E-state index in [1.807, 2.05) is 0 Å². The average molecular weight is 291 g/mol. The highest BCUT2D eigenvalue weighted by molar-refractivity contribution is 6.30. The number of imidazole rings is 1. The van der Waals surface area contributed by atoms with Crippen LogP contribution in [0.4, 0.5) is 4.39 Å². The van der Waals surface area contributed by atoms with Crippen molar-refractivity contribution in [1.82, 2.24) is 9.38 Å². The van der Waals surface area contributed by atoms with Crippen molar-refractivity contribution in [2.24, 2.45) is 0 Å². The number of aromatic nitrogens is 2. The van der Waals surface area contributed by atoms with E-state index in [2.05, 4.69) is 4.98 Å². The summed E-state index contributed by atoms with van der Waals surface area (Å²) < 4.78 is 14.9. The van der Waals surface area contributed by atoms with Gasteiger partial charge in [0.05, 0.1) is 0 Å². The van der Waals surface area contributed by atoms with Gasteiger partial charge in [0.25, 0.3) is 0 Å². The highest BCUT2D eigenvalue weighted by Gasteiger charge is 2.21. The molecule has 4 nitrogen and oxygen atoms in total. The van der Waals surface area contributed by atoms with Crippen molar-refractivity contribution < 1.29 is 14.3 Å². The summed E-state index contributed by atoms with van der Waals surface area (Å²) in [6.45, 7) is 0. The molecule has 20 heavy (non-hydrogen) atoms. The number of hydrogen-bond acceptors (Lipinski definition) is 2. The Morgan fingerprint density at radius 2 is 1.95 bits per heavy atom. The lowest BCUT2D eigenvalue weighted by atomic mass is 10.1. The topological polar surface area (TPSA) is 54.6 Å². The second-order valence-corrected chi connectivity index (χ2v) is 4.61. The number of rotatable bonds is 2. The summed E-state index contributed by atoms with van der Waals surface area (Å²) in [7, 11) is 0. The summed E-state index contributed by atoms with van der Waals surface area (Å²) >= 11 is 5.80. The first-order chi connectivity index (χ1) is 9.58. The van der Waals surface area contributed by atoms with Crippen LogP contribution in [0.3, 0.4) is 0 Å². The molecule has 0 amide bonds. The van der Waals surface area contributed by atoms with Crippen LogP contribution < -0.4 is 0 Å². The molecule has 0 unspecified atom stereocenters. The van der Waals surface area contributed by atoms with Crippen molar-refractivity contribution in [3.8, 4) is 11.3 Å². The molecule has 0 fully saturated rings. The van der Waals surface area contributed by atoms with Crippen molar-refractivity contribution in [3.63, 3.8) is 0 Å². The Kier molecular flexibility index (Phi) is 2.91. The monoisotopic (exact) mass is 290 g/mol. The Morgan fingerprint density at radius 1 is 1.25 bits per heavy atom. The van der Waals surface area contributed by atoms with E-state index < -0.39 is 11.8 Å². The predicted molar refractivity (Wildman–Crippen MR) is 72.6 cm³/mol. The summed E-state index contributed by atoms with van der Waals surface area (Å²) in [5.74, 6) is -1.75. The van der Waals surface area contributed by atoms with Gasteiger partial charge in [0, 0.05) is 16.8 Å². The molecular weight excluding hydrogens is 283 g/mol. The maximum Gasteiger partial charge on any atom is 0.355 e. The lowest BCUT2D eigenvalue weighted by Crippen LogP contribution is -2.03. The molecule has 0 saturated heterocycles. The molecule has 2 heterocycles. The van der Waals surface area contributed by atoms with Crippen LogP contribution in [-0.2, 0) is 0 Å². The minimum Gasteiger partial charge on any atom is -0.476 e. The summed E-state index contributed by atoms with van der Waals surface area (Å²) in [4.78, 5) is 15.5. The zero-order chi connectivity index (χ0) is 14.3. The Balaban J connectivity index is 2.35. The second kappa shape index (κ2) is 4.61. The molecule has 0 bridgehead atoms. The number of benzene rings is 1. The number of pyridine rings is 1. The van der Waals surface area contributed by atoms with E-state index in [-0.39, 0.29) is 17.0 Å². The van der Waals surface area contributed by atoms with E-state index in [1.165, 1.54) is 22.7 Å². The molecule has 0 aliphatic rings. The highest BCUT2D eigenvalue weighted by atomic mass is 35.5. The van der Waals surface area contributed by atoms with Crippen LogP contribution in [0.15, 0.2) is 42.6 Å². The van der Waals surface area contributed by atoms with E-state index in [1.54, 1.807) is 24.3 Å². The molecule has 0 spiro atoms. The van der Waals surface area contributed by atoms with Crippen molar-refractivity contribution in [3.05, 3.63) is 59.1 Å². The number of aromatic carboxylic acids is 1. The van der Waals surface area contributed by atoms with Crippen LogP contribution >= 0.6 is 11.6 Å². The predicted octanol–water partition coefficient (Wildman–Crippen LogP) is 3.49. The van der Waals surface area contributed by atoms with Crippen LogP contribution in [0.1, 0.15) is 10.5 Å². The maximum absolute atomic E-state index is 13.7. The Morgan fingerprint density at radius 3 is 2.60 bits per heavy atom. The average Bonchev–Trinajstić information content (AvgIpc) is 2.80. The quantitative estimate of drug-likeness (QED) is 0.786. The van der Waals surface area contributed by atoms with Gasteiger partial charge in [0.1, 0.15) is 5.69 Å². The first-order valence-corrected chi connectivity index (χ1v) is 6.11. The molecule has 3 rings (SSSR count). The van der Waals surface area contributed by atoms with Crippen LogP contribution in [-0.4, -0.2) is 20.5 Å².